The first-order chi connectivity index (χ1) is 8.23. The highest BCUT2D eigenvalue weighted by molar-refractivity contribution is 5.73. The van der Waals surface area contributed by atoms with Gasteiger partial charge in [0.1, 0.15) is 0 Å². The maximum atomic E-state index is 11.4. The lowest BCUT2D eigenvalue weighted by Crippen LogP contribution is -2.38. The molecule has 0 spiro atoms. The summed E-state index contributed by atoms with van der Waals surface area (Å²) in [5.41, 5.74) is -0.0658. The van der Waals surface area contributed by atoms with Crippen LogP contribution in [0, 0.1) is 11.3 Å². The van der Waals surface area contributed by atoms with Crippen LogP contribution in [0.5, 0.6) is 0 Å². The fourth-order valence-corrected chi connectivity index (χ4v) is 1.44. The molecule has 5 nitrogen and oxygen atoms in total. The molecule has 0 aliphatic carbocycles. The van der Waals surface area contributed by atoms with Crippen LogP contribution in [-0.4, -0.2) is 30.2 Å². The summed E-state index contributed by atoms with van der Waals surface area (Å²) in [6.45, 7) is 9.34. The Morgan fingerprint density at radius 3 is 2.28 bits per heavy atom. The van der Waals surface area contributed by atoms with E-state index in [0.29, 0.717) is 25.4 Å². The van der Waals surface area contributed by atoms with Gasteiger partial charge < -0.3 is 15.7 Å². The van der Waals surface area contributed by atoms with Crippen LogP contribution < -0.4 is 10.6 Å². The monoisotopic (exact) mass is 258 g/mol. The van der Waals surface area contributed by atoms with Crippen molar-refractivity contribution in [2.75, 3.05) is 13.1 Å². The summed E-state index contributed by atoms with van der Waals surface area (Å²) in [5.74, 6) is -0.339. The number of aliphatic carboxylic acids is 1. The molecule has 2 amide bonds. The van der Waals surface area contributed by atoms with Gasteiger partial charge in [0.05, 0.1) is 0 Å². The molecule has 0 radical (unpaired) electrons. The van der Waals surface area contributed by atoms with E-state index in [0.717, 1.165) is 6.42 Å². The van der Waals surface area contributed by atoms with Crippen molar-refractivity contribution in [3.8, 4) is 0 Å². The van der Waals surface area contributed by atoms with E-state index < -0.39 is 5.97 Å². The molecule has 0 unspecified atom stereocenters. The summed E-state index contributed by atoms with van der Waals surface area (Å²) >= 11 is 0. The van der Waals surface area contributed by atoms with Crippen LogP contribution in [0.3, 0.4) is 0 Å². The van der Waals surface area contributed by atoms with Gasteiger partial charge in [-0.15, -0.1) is 0 Å². The standard InChI is InChI=1S/C13H26N2O3/c1-10(2)9-15-12(18)14-8-7-13(3,4)6-5-11(16)17/h10H,5-9H2,1-4H3,(H,16,17)(H2,14,15,18). The first-order valence-electron chi connectivity index (χ1n) is 6.46. The number of carboxylic acid groups (broad SMARTS) is 1. The fraction of sp³-hybridized carbons (Fsp3) is 0.846. The molecule has 0 aromatic rings. The summed E-state index contributed by atoms with van der Waals surface area (Å²) in [5, 5.41) is 14.2. The van der Waals surface area contributed by atoms with Crippen LogP contribution in [0.1, 0.15) is 47.0 Å². The Bertz CT molecular complexity index is 275. The highest BCUT2D eigenvalue weighted by atomic mass is 16.4. The van der Waals surface area contributed by atoms with Crippen molar-refractivity contribution in [1.29, 1.82) is 0 Å². The summed E-state index contributed by atoms with van der Waals surface area (Å²) in [7, 11) is 0. The van der Waals surface area contributed by atoms with Gasteiger partial charge in [-0.1, -0.05) is 27.7 Å². The number of carbonyl (C=O) groups is 2. The van der Waals surface area contributed by atoms with Crippen LogP contribution in [0.25, 0.3) is 0 Å². The topological polar surface area (TPSA) is 78.4 Å². The Morgan fingerprint density at radius 1 is 1.17 bits per heavy atom. The number of hydrogen-bond acceptors (Lipinski definition) is 2. The van der Waals surface area contributed by atoms with Gasteiger partial charge in [-0.05, 0) is 24.2 Å². The molecule has 0 fully saturated rings. The Morgan fingerprint density at radius 2 is 1.78 bits per heavy atom. The third kappa shape index (κ3) is 9.93. The predicted molar refractivity (Wildman–Crippen MR) is 71.5 cm³/mol. The second-order valence-electron chi connectivity index (χ2n) is 5.84. The zero-order valence-corrected chi connectivity index (χ0v) is 11.9. The molecule has 18 heavy (non-hydrogen) atoms. The Balaban J connectivity index is 3.74. The predicted octanol–water partition coefficient (Wildman–Crippen LogP) is 2.22. The van der Waals surface area contributed by atoms with E-state index >= 15 is 0 Å². The van der Waals surface area contributed by atoms with E-state index in [4.69, 9.17) is 5.11 Å². The van der Waals surface area contributed by atoms with Crippen molar-refractivity contribution in [3.05, 3.63) is 0 Å². The van der Waals surface area contributed by atoms with Gasteiger partial charge in [0.25, 0.3) is 0 Å². The van der Waals surface area contributed by atoms with Crippen molar-refractivity contribution >= 4 is 12.0 Å². The summed E-state index contributed by atoms with van der Waals surface area (Å²) < 4.78 is 0. The summed E-state index contributed by atoms with van der Waals surface area (Å²) in [6.07, 6.45) is 1.57. The van der Waals surface area contributed by atoms with Crippen LogP contribution in [0.2, 0.25) is 0 Å². The fourth-order valence-electron chi connectivity index (χ4n) is 1.44. The molecule has 0 atom stereocenters. The molecule has 0 aliphatic rings. The lowest BCUT2D eigenvalue weighted by Gasteiger charge is -2.23. The molecule has 0 saturated carbocycles. The van der Waals surface area contributed by atoms with E-state index in [2.05, 4.69) is 10.6 Å². The maximum absolute atomic E-state index is 11.4. The second kappa shape index (κ2) is 7.95. The lowest BCUT2D eigenvalue weighted by molar-refractivity contribution is -0.137. The van der Waals surface area contributed by atoms with Crippen LogP contribution in [0.15, 0.2) is 0 Å². The van der Waals surface area contributed by atoms with Crippen LogP contribution >= 0.6 is 0 Å². The van der Waals surface area contributed by atoms with Crippen molar-refractivity contribution < 1.29 is 14.7 Å². The molecular formula is C13H26N2O3. The smallest absolute Gasteiger partial charge is 0.314 e. The minimum Gasteiger partial charge on any atom is -0.481 e. The third-order valence-corrected chi connectivity index (χ3v) is 2.77. The molecule has 5 heteroatoms. The summed E-state index contributed by atoms with van der Waals surface area (Å²) in [6, 6.07) is -0.155. The highest BCUT2D eigenvalue weighted by Gasteiger charge is 2.19. The minimum atomic E-state index is -0.772. The third-order valence-electron chi connectivity index (χ3n) is 2.77. The van der Waals surface area contributed by atoms with Gasteiger partial charge in [0, 0.05) is 19.5 Å². The quantitative estimate of drug-likeness (QED) is 0.624. The number of rotatable bonds is 8. The maximum Gasteiger partial charge on any atom is 0.314 e. The Kier molecular flexibility index (Phi) is 7.39. The molecule has 106 valence electrons. The van der Waals surface area contributed by atoms with E-state index in [1.54, 1.807) is 0 Å². The number of nitrogens with one attached hydrogen (secondary N) is 2. The van der Waals surface area contributed by atoms with E-state index in [9.17, 15) is 9.59 Å². The van der Waals surface area contributed by atoms with Gasteiger partial charge >= 0.3 is 12.0 Å². The highest BCUT2D eigenvalue weighted by Crippen LogP contribution is 2.25. The van der Waals surface area contributed by atoms with Gasteiger partial charge in [-0.2, -0.15) is 0 Å². The number of hydrogen-bond donors (Lipinski definition) is 3. The van der Waals surface area contributed by atoms with Crippen molar-refractivity contribution in [2.45, 2.75) is 47.0 Å². The van der Waals surface area contributed by atoms with Crippen molar-refractivity contribution in [2.24, 2.45) is 11.3 Å². The van der Waals surface area contributed by atoms with Gasteiger partial charge in [0.15, 0.2) is 0 Å². The Labute approximate surface area is 109 Å². The number of amides is 2. The number of urea groups is 1. The van der Waals surface area contributed by atoms with E-state index in [-0.39, 0.29) is 17.9 Å². The minimum absolute atomic E-state index is 0.0658. The second-order valence-corrected chi connectivity index (χ2v) is 5.84. The normalized spacial score (nSPS) is 11.4. The number of carboxylic acids is 1. The first-order valence-corrected chi connectivity index (χ1v) is 6.46. The molecule has 0 aromatic carbocycles. The molecule has 3 N–H and O–H groups in total. The SMILES string of the molecule is CC(C)CNC(=O)NCCC(C)(C)CCC(=O)O. The largest absolute Gasteiger partial charge is 0.481 e. The zero-order valence-electron chi connectivity index (χ0n) is 11.9. The summed E-state index contributed by atoms with van der Waals surface area (Å²) in [4.78, 5) is 21.9. The molecule has 0 aromatic heterocycles. The van der Waals surface area contributed by atoms with E-state index in [1.165, 1.54) is 0 Å². The molecule has 0 rings (SSSR count). The van der Waals surface area contributed by atoms with Gasteiger partial charge in [0.2, 0.25) is 0 Å². The van der Waals surface area contributed by atoms with Crippen molar-refractivity contribution in [1.82, 2.24) is 10.6 Å². The first kappa shape index (κ1) is 16.7. The molecular weight excluding hydrogens is 232 g/mol. The van der Waals surface area contributed by atoms with Crippen molar-refractivity contribution in [3.63, 3.8) is 0 Å². The van der Waals surface area contributed by atoms with Crippen LogP contribution in [-0.2, 0) is 4.79 Å². The molecule has 0 saturated heterocycles. The van der Waals surface area contributed by atoms with Crippen LogP contribution in [0.4, 0.5) is 4.79 Å². The average molecular weight is 258 g/mol. The van der Waals surface area contributed by atoms with Gasteiger partial charge in [-0.3, -0.25) is 4.79 Å². The Hall–Kier alpha value is -1.26. The van der Waals surface area contributed by atoms with E-state index in [1.807, 2.05) is 27.7 Å². The average Bonchev–Trinajstić information content (AvgIpc) is 2.23. The van der Waals surface area contributed by atoms with Gasteiger partial charge in [-0.25, -0.2) is 4.79 Å². The lowest BCUT2D eigenvalue weighted by atomic mass is 9.84. The molecule has 0 heterocycles. The molecule has 0 aliphatic heterocycles. The zero-order chi connectivity index (χ0) is 14.2. The molecule has 0 bridgehead atoms. The number of carbonyl (C=O) groups excluding carboxylic acids is 1.